The first-order valence-electron chi connectivity index (χ1n) is 5.80. The van der Waals surface area contributed by atoms with Crippen molar-refractivity contribution in [2.75, 3.05) is 7.11 Å². The Hall–Kier alpha value is -2.73. The zero-order valence-electron chi connectivity index (χ0n) is 10.3. The molecule has 0 aliphatic heterocycles. The average Bonchev–Trinajstić information content (AvgIpc) is 2.84. The van der Waals surface area contributed by atoms with Gasteiger partial charge in [-0.2, -0.15) is 0 Å². The Bertz CT molecular complexity index is 831. The van der Waals surface area contributed by atoms with Crippen molar-refractivity contribution in [1.82, 2.24) is 0 Å². The number of carbonyl (C=O) groups excluding carboxylic acids is 1. The van der Waals surface area contributed by atoms with Crippen LogP contribution in [-0.4, -0.2) is 13.1 Å². The Morgan fingerprint density at radius 2 is 1.89 bits per heavy atom. The molecule has 1 heterocycles. The molecule has 1 aromatic heterocycles. The maximum atomic E-state index is 11.1. The molecule has 3 nitrogen and oxygen atoms in total. The molecule has 92 valence electrons. The van der Waals surface area contributed by atoms with Gasteiger partial charge < -0.3 is 9.15 Å². The van der Waals surface area contributed by atoms with Crippen LogP contribution in [0.3, 0.4) is 0 Å². The minimum Gasteiger partial charge on any atom is -0.459 e. The van der Waals surface area contributed by atoms with E-state index in [4.69, 9.17) is 4.42 Å². The van der Waals surface area contributed by atoms with E-state index >= 15 is 0 Å². The van der Waals surface area contributed by atoms with Crippen molar-refractivity contribution in [3.05, 3.63) is 48.0 Å². The lowest BCUT2D eigenvalue weighted by molar-refractivity contribution is -0.133. The van der Waals surface area contributed by atoms with Crippen LogP contribution in [0.15, 0.2) is 46.9 Å². The first kappa shape index (κ1) is 11.4. The smallest absolute Gasteiger partial charge is 0.384 e. The van der Waals surface area contributed by atoms with E-state index in [1.807, 2.05) is 42.5 Å². The summed E-state index contributed by atoms with van der Waals surface area (Å²) in [6.07, 6.45) is 0. The molecule has 0 aliphatic rings. The highest BCUT2D eigenvalue weighted by Crippen LogP contribution is 2.30. The zero-order valence-corrected chi connectivity index (χ0v) is 10.3. The van der Waals surface area contributed by atoms with Gasteiger partial charge >= 0.3 is 5.97 Å². The molecule has 0 bridgehead atoms. The number of methoxy groups -OCH3 is 1. The fourth-order valence-electron chi connectivity index (χ4n) is 2.02. The van der Waals surface area contributed by atoms with E-state index in [9.17, 15) is 4.79 Å². The molecule has 3 aromatic rings. The predicted octanol–water partition coefficient (Wildman–Crippen LogP) is 3.11. The van der Waals surface area contributed by atoms with Gasteiger partial charge in [0, 0.05) is 16.7 Å². The Morgan fingerprint density at radius 3 is 2.74 bits per heavy atom. The number of ether oxygens (including phenoxy) is 1. The fraction of sp³-hybridized carbons (Fsp3) is 0.0625. The van der Waals surface area contributed by atoms with Crippen LogP contribution in [0, 0.1) is 11.8 Å². The van der Waals surface area contributed by atoms with Crippen LogP contribution in [-0.2, 0) is 9.53 Å². The second-order valence-electron chi connectivity index (χ2n) is 4.02. The Balaban J connectivity index is 2.25. The summed E-state index contributed by atoms with van der Waals surface area (Å²) < 4.78 is 10.3. The lowest BCUT2D eigenvalue weighted by atomic mass is 10.1. The summed E-state index contributed by atoms with van der Waals surface area (Å²) in [5, 5.41) is 2.03. The number of benzene rings is 2. The molecular weight excluding hydrogens is 240 g/mol. The molecule has 0 N–H and O–H groups in total. The van der Waals surface area contributed by atoms with E-state index < -0.39 is 5.97 Å². The monoisotopic (exact) mass is 250 g/mol. The lowest BCUT2D eigenvalue weighted by Gasteiger charge is -1.92. The van der Waals surface area contributed by atoms with Crippen molar-refractivity contribution >= 4 is 27.9 Å². The van der Waals surface area contributed by atoms with Crippen molar-refractivity contribution in [1.29, 1.82) is 0 Å². The number of para-hydroxylation sites is 2. The third kappa shape index (κ3) is 1.94. The molecule has 19 heavy (non-hydrogen) atoms. The van der Waals surface area contributed by atoms with E-state index in [1.54, 1.807) is 0 Å². The molecule has 0 unspecified atom stereocenters. The largest absolute Gasteiger partial charge is 0.459 e. The lowest BCUT2D eigenvalue weighted by Crippen LogP contribution is -1.94. The van der Waals surface area contributed by atoms with Crippen LogP contribution >= 0.6 is 0 Å². The first-order valence-corrected chi connectivity index (χ1v) is 5.80. The minimum absolute atomic E-state index is 0.562. The third-order valence-electron chi connectivity index (χ3n) is 2.89. The van der Waals surface area contributed by atoms with Gasteiger partial charge in [0.1, 0.15) is 5.58 Å². The van der Waals surface area contributed by atoms with E-state index in [2.05, 4.69) is 16.6 Å². The topological polar surface area (TPSA) is 39.4 Å². The molecule has 0 aliphatic carbocycles. The number of furan rings is 1. The third-order valence-corrected chi connectivity index (χ3v) is 2.89. The van der Waals surface area contributed by atoms with Gasteiger partial charge in [0.05, 0.1) is 12.7 Å². The van der Waals surface area contributed by atoms with E-state index in [-0.39, 0.29) is 0 Å². The van der Waals surface area contributed by atoms with Crippen LogP contribution in [0.2, 0.25) is 0 Å². The van der Waals surface area contributed by atoms with Crippen LogP contribution < -0.4 is 0 Å². The number of esters is 1. The second kappa shape index (κ2) is 4.51. The van der Waals surface area contributed by atoms with Gasteiger partial charge in [0.2, 0.25) is 0 Å². The highest BCUT2D eigenvalue weighted by molar-refractivity contribution is 6.06. The highest BCUT2D eigenvalue weighted by atomic mass is 16.5. The van der Waals surface area contributed by atoms with Crippen molar-refractivity contribution in [2.45, 2.75) is 0 Å². The summed E-state index contributed by atoms with van der Waals surface area (Å²) in [7, 11) is 1.30. The van der Waals surface area contributed by atoms with Crippen molar-refractivity contribution < 1.29 is 13.9 Å². The summed E-state index contributed by atoms with van der Waals surface area (Å²) in [6.45, 7) is 0. The SMILES string of the molecule is COC(=O)C#Cc1cccc2c1oc1ccccc12. The summed E-state index contributed by atoms with van der Waals surface area (Å²) in [6, 6.07) is 13.5. The fourth-order valence-corrected chi connectivity index (χ4v) is 2.02. The quantitative estimate of drug-likeness (QED) is 0.454. The van der Waals surface area contributed by atoms with E-state index in [1.165, 1.54) is 7.11 Å². The van der Waals surface area contributed by atoms with Crippen LogP contribution in [0.1, 0.15) is 5.56 Å². The maximum Gasteiger partial charge on any atom is 0.384 e. The Labute approximate surface area is 109 Å². The molecule has 0 saturated heterocycles. The maximum absolute atomic E-state index is 11.1. The molecule has 0 radical (unpaired) electrons. The van der Waals surface area contributed by atoms with E-state index in [0.717, 1.165) is 16.4 Å². The number of carbonyl (C=O) groups is 1. The zero-order chi connectivity index (χ0) is 13.2. The summed E-state index contributed by atoms with van der Waals surface area (Å²) >= 11 is 0. The molecule has 2 aromatic carbocycles. The van der Waals surface area contributed by atoms with E-state index in [0.29, 0.717) is 11.1 Å². The second-order valence-corrected chi connectivity index (χ2v) is 4.02. The number of rotatable bonds is 0. The number of hydrogen-bond donors (Lipinski definition) is 0. The molecule has 0 atom stereocenters. The normalized spacial score (nSPS) is 10.2. The van der Waals surface area contributed by atoms with Gasteiger partial charge in [-0.15, -0.1) is 0 Å². The van der Waals surface area contributed by atoms with Gasteiger partial charge in [-0.05, 0) is 12.1 Å². The van der Waals surface area contributed by atoms with Crippen molar-refractivity contribution in [3.8, 4) is 11.8 Å². The molecule has 0 fully saturated rings. The molecular formula is C16H10O3. The average molecular weight is 250 g/mol. The predicted molar refractivity (Wildman–Crippen MR) is 72.6 cm³/mol. The summed E-state index contributed by atoms with van der Waals surface area (Å²) in [5.74, 6) is 4.63. The first-order chi connectivity index (χ1) is 9.29. The molecule has 3 heteroatoms. The standard InChI is InChI=1S/C16H10O3/c1-18-15(17)10-9-11-5-4-7-13-12-6-2-3-8-14(12)19-16(11)13/h2-8H,1H3. The van der Waals surface area contributed by atoms with Gasteiger partial charge in [-0.1, -0.05) is 36.3 Å². The van der Waals surface area contributed by atoms with Gasteiger partial charge in [0.25, 0.3) is 0 Å². The van der Waals surface area contributed by atoms with Gasteiger partial charge in [0.15, 0.2) is 5.58 Å². The molecule has 0 amide bonds. The number of hydrogen-bond acceptors (Lipinski definition) is 3. The summed E-state index contributed by atoms with van der Waals surface area (Å²) in [4.78, 5) is 11.1. The molecule has 0 saturated carbocycles. The summed E-state index contributed by atoms with van der Waals surface area (Å²) in [5.41, 5.74) is 2.18. The van der Waals surface area contributed by atoms with Gasteiger partial charge in [-0.3, -0.25) is 0 Å². The van der Waals surface area contributed by atoms with Gasteiger partial charge in [-0.25, -0.2) is 4.79 Å². The molecule has 3 rings (SSSR count). The number of fused-ring (bicyclic) bond motifs is 3. The molecule has 0 spiro atoms. The van der Waals surface area contributed by atoms with Crippen molar-refractivity contribution in [2.24, 2.45) is 0 Å². The Morgan fingerprint density at radius 1 is 1.11 bits per heavy atom. The Kier molecular flexibility index (Phi) is 2.70. The van der Waals surface area contributed by atoms with Crippen LogP contribution in [0.25, 0.3) is 21.9 Å². The minimum atomic E-state index is -0.562. The highest BCUT2D eigenvalue weighted by Gasteiger charge is 2.08. The van der Waals surface area contributed by atoms with Crippen LogP contribution in [0.4, 0.5) is 0 Å². The van der Waals surface area contributed by atoms with Crippen molar-refractivity contribution in [3.63, 3.8) is 0 Å². The van der Waals surface area contributed by atoms with Crippen LogP contribution in [0.5, 0.6) is 0 Å².